The van der Waals surface area contributed by atoms with Crippen molar-refractivity contribution in [3.63, 3.8) is 0 Å². The lowest BCUT2D eigenvalue weighted by molar-refractivity contribution is 0.866. The van der Waals surface area contributed by atoms with Gasteiger partial charge in [-0.15, -0.1) is 0 Å². The van der Waals surface area contributed by atoms with Crippen molar-refractivity contribution in [1.82, 2.24) is 14.4 Å². The molecular weight excluding hydrogens is 340 g/mol. The molecule has 0 atom stereocenters. The summed E-state index contributed by atoms with van der Waals surface area (Å²) in [7, 11) is 2.03. The number of anilines is 1. The first-order chi connectivity index (χ1) is 9.63. The zero-order valence-electron chi connectivity index (χ0n) is 10.8. The molecule has 0 radical (unpaired) electrons. The van der Waals surface area contributed by atoms with Gasteiger partial charge in [0.2, 0.25) is 0 Å². The summed E-state index contributed by atoms with van der Waals surface area (Å²) in [6.45, 7) is 0.711. The minimum absolute atomic E-state index is 0.711. The third-order valence-corrected chi connectivity index (χ3v) is 3.91. The SMILES string of the molecule is CN(Cc1cn2c(Br)cnc2cn1)c1ccc(Cl)cc1. The van der Waals surface area contributed by atoms with Gasteiger partial charge < -0.3 is 4.90 Å². The normalized spacial score (nSPS) is 10.9. The fourth-order valence-electron chi connectivity index (χ4n) is 2.01. The number of imidazole rings is 1. The van der Waals surface area contributed by atoms with Gasteiger partial charge >= 0.3 is 0 Å². The highest BCUT2D eigenvalue weighted by Gasteiger charge is 2.06. The van der Waals surface area contributed by atoms with E-state index in [0.717, 1.165) is 26.7 Å². The molecule has 0 aliphatic heterocycles. The van der Waals surface area contributed by atoms with E-state index in [0.29, 0.717) is 6.54 Å². The fraction of sp³-hybridized carbons (Fsp3) is 0.143. The molecule has 6 heteroatoms. The van der Waals surface area contributed by atoms with E-state index in [-0.39, 0.29) is 0 Å². The second kappa shape index (κ2) is 5.42. The number of benzene rings is 1. The largest absolute Gasteiger partial charge is 0.369 e. The maximum absolute atomic E-state index is 5.90. The summed E-state index contributed by atoms with van der Waals surface area (Å²) >= 11 is 9.37. The van der Waals surface area contributed by atoms with Crippen LogP contribution in [0.25, 0.3) is 5.65 Å². The number of fused-ring (bicyclic) bond motifs is 1. The number of rotatable bonds is 3. The molecule has 4 nitrogen and oxygen atoms in total. The first-order valence-corrected chi connectivity index (χ1v) is 7.25. The van der Waals surface area contributed by atoms with E-state index in [1.807, 2.05) is 41.9 Å². The molecule has 0 aliphatic carbocycles. The van der Waals surface area contributed by atoms with Crippen LogP contribution in [0.1, 0.15) is 5.69 Å². The van der Waals surface area contributed by atoms with E-state index in [1.165, 1.54) is 0 Å². The van der Waals surface area contributed by atoms with Gasteiger partial charge in [0.1, 0.15) is 4.60 Å². The lowest BCUT2D eigenvalue weighted by atomic mass is 10.3. The standard InChI is InChI=1S/C14H12BrClN4/c1-19(12-4-2-10(16)3-5-12)8-11-9-20-13(15)6-18-14(20)7-17-11/h2-7,9H,8H2,1H3. The topological polar surface area (TPSA) is 33.4 Å². The zero-order chi connectivity index (χ0) is 14.1. The van der Waals surface area contributed by atoms with Crippen LogP contribution < -0.4 is 4.90 Å². The van der Waals surface area contributed by atoms with Crippen molar-refractivity contribution < 1.29 is 0 Å². The predicted octanol–water partition coefficient (Wildman–Crippen LogP) is 3.78. The second-order valence-corrected chi connectivity index (χ2v) is 5.77. The van der Waals surface area contributed by atoms with Crippen molar-refractivity contribution in [2.45, 2.75) is 6.54 Å². The van der Waals surface area contributed by atoms with Crippen molar-refractivity contribution in [3.8, 4) is 0 Å². The van der Waals surface area contributed by atoms with E-state index >= 15 is 0 Å². The molecule has 0 fully saturated rings. The Hall–Kier alpha value is -1.59. The minimum Gasteiger partial charge on any atom is -0.369 e. The van der Waals surface area contributed by atoms with Gasteiger partial charge in [0.15, 0.2) is 5.65 Å². The molecule has 0 unspecified atom stereocenters. The van der Waals surface area contributed by atoms with Crippen LogP contribution in [-0.2, 0) is 6.54 Å². The summed E-state index contributed by atoms with van der Waals surface area (Å²) in [4.78, 5) is 10.8. The molecule has 2 heterocycles. The first kappa shape index (κ1) is 13.4. The van der Waals surface area contributed by atoms with E-state index < -0.39 is 0 Å². The Morgan fingerprint density at radius 2 is 1.95 bits per heavy atom. The molecule has 0 aliphatic rings. The number of aromatic nitrogens is 3. The maximum Gasteiger partial charge on any atom is 0.156 e. The Bertz CT molecular complexity index is 739. The smallest absolute Gasteiger partial charge is 0.156 e. The zero-order valence-corrected chi connectivity index (χ0v) is 13.1. The average Bonchev–Trinajstić information content (AvgIpc) is 2.81. The summed E-state index contributed by atoms with van der Waals surface area (Å²) in [5.41, 5.74) is 2.89. The molecule has 0 spiro atoms. The highest BCUT2D eigenvalue weighted by molar-refractivity contribution is 9.10. The summed E-state index contributed by atoms with van der Waals surface area (Å²) in [5, 5.41) is 0.740. The van der Waals surface area contributed by atoms with E-state index in [9.17, 15) is 0 Å². The van der Waals surface area contributed by atoms with Gasteiger partial charge in [0.25, 0.3) is 0 Å². The summed E-state index contributed by atoms with van der Waals surface area (Å²) < 4.78 is 2.89. The van der Waals surface area contributed by atoms with Crippen molar-refractivity contribution >= 4 is 38.9 Å². The highest BCUT2D eigenvalue weighted by Crippen LogP contribution is 2.19. The molecule has 2 aromatic heterocycles. The molecule has 20 heavy (non-hydrogen) atoms. The lowest BCUT2D eigenvalue weighted by Gasteiger charge is -2.18. The van der Waals surface area contributed by atoms with E-state index in [2.05, 4.69) is 30.8 Å². The molecule has 3 aromatic rings. The lowest BCUT2D eigenvalue weighted by Crippen LogP contribution is -2.17. The molecule has 0 saturated heterocycles. The Labute approximate surface area is 130 Å². The quantitative estimate of drug-likeness (QED) is 0.720. The summed E-state index contributed by atoms with van der Waals surface area (Å²) in [5.74, 6) is 0. The fourth-order valence-corrected chi connectivity index (χ4v) is 2.52. The first-order valence-electron chi connectivity index (χ1n) is 6.07. The molecule has 1 aromatic carbocycles. The highest BCUT2D eigenvalue weighted by atomic mass is 79.9. The molecule has 0 saturated carbocycles. The second-order valence-electron chi connectivity index (χ2n) is 4.52. The summed E-state index contributed by atoms with van der Waals surface area (Å²) in [6.07, 6.45) is 5.53. The van der Waals surface area contributed by atoms with Crippen molar-refractivity contribution in [2.75, 3.05) is 11.9 Å². The van der Waals surface area contributed by atoms with Crippen LogP contribution in [0.3, 0.4) is 0 Å². The van der Waals surface area contributed by atoms with Gasteiger partial charge in [-0.1, -0.05) is 11.6 Å². The third-order valence-electron chi connectivity index (χ3n) is 3.07. The van der Waals surface area contributed by atoms with Crippen molar-refractivity contribution in [1.29, 1.82) is 0 Å². The maximum atomic E-state index is 5.90. The Morgan fingerprint density at radius 3 is 2.70 bits per heavy atom. The monoisotopic (exact) mass is 350 g/mol. The van der Waals surface area contributed by atoms with Crippen LogP contribution >= 0.6 is 27.5 Å². The Balaban J connectivity index is 1.84. The molecule has 0 amide bonds. The van der Waals surface area contributed by atoms with Crippen molar-refractivity contribution in [3.05, 3.63) is 58.2 Å². The Morgan fingerprint density at radius 1 is 1.20 bits per heavy atom. The average molecular weight is 352 g/mol. The summed E-state index contributed by atoms with van der Waals surface area (Å²) in [6, 6.07) is 7.76. The third kappa shape index (κ3) is 2.64. The van der Waals surface area contributed by atoms with Gasteiger partial charge in [0, 0.05) is 24.0 Å². The van der Waals surface area contributed by atoms with Crippen LogP contribution in [0.4, 0.5) is 5.69 Å². The van der Waals surface area contributed by atoms with E-state index in [1.54, 1.807) is 12.4 Å². The van der Waals surface area contributed by atoms with Gasteiger partial charge in [-0.3, -0.25) is 9.38 Å². The van der Waals surface area contributed by atoms with Gasteiger partial charge in [0.05, 0.1) is 24.6 Å². The molecule has 102 valence electrons. The van der Waals surface area contributed by atoms with Gasteiger partial charge in [-0.05, 0) is 40.2 Å². The molecule has 0 bridgehead atoms. The Kier molecular flexibility index (Phi) is 3.63. The van der Waals surface area contributed by atoms with Crippen molar-refractivity contribution in [2.24, 2.45) is 0 Å². The van der Waals surface area contributed by atoms with E-state index in [4.69, 9.17) is 11.6 Å². The number of hydrogen-bond donors (Lipinski definition) is 0. The number of hydrogen-bond acceptors (Lipinski definition) is 3. The molecular formula is C14H12BrClN4. The van der Waals surface area contributed by atoms with Gasteiger partial charge in [-0.2, -0.15) is 0 Å². The number of halogens is 2. The molecule has 3 rings (SSSR count). The van der Waals surface area contributed by atoms with Crippen LogP contribution in [-0.4, -0.2) is 21.4 Å². The predicted molar refractivity (Wildman–Crippen MR) is 84.2 cm³/mol. The molecule has 0 N–H and O–H groups in total. The van der Waals surface area contributed by atoms with Crippen LogP contribution in [0.2, 0.25) is 5.02 Å². The van der Waals surface area contributed by atoms with Crippen LogP contribution in [0, 0.1) is 0 Å². The minimum atomic E-state index is 0.711. The van der Waals surface area contributed by atoms with Crippen LogP contribution in [0.15, 0.2) is 47.5 Å². The van der Waals surface area contributed by atoms with Crippen LogP contribution in [0.5, 0.6) is 0 Å². The number of nitrogens with zero attached hydrogens (tertiary/aromatic N) is 4. The van der Waals surface area contributed by atoms with Gasteiger partial charge in [-0.25, -0.2) is 4.98 Å².